The second-order valence-electron chi connectivity index (χ2n) is 8.40. The molecule has 0 aromatic carbocycles. The van der Waals surface area contributed by atoms with Gasteiger partial charge in [0.25, 0.3) is 5.91 Å². The molecule has 0 bridgehead atoms. The summed E-state index contributed by atoms with van der Waals surface area (Å²) in [6.07, 6.45) is 6.89. The van der Waals surface area contributed by atoms with Crippen LogP contribution >= 0.6 is 0 Å². The molecule has 7 heteroatoms. The molecule has 28 heavy (non-hydrogen) atoms. The zero-order valence-corrected chi connectivity index (χ0v) is 16.1. The minimum absolute atomic E-state index is 0.0334. The predicted octanol–water partition coefficient (Wildman–Crippen LogP) is 1.92. The minimum Gasteiger partial charge on any atom is -0.365 e. The fraction of sp³-hybridized carbons (Fsp3) is 0.619. The number of pyridine rings is 1. The van der Waals surface area contributed by atoms with Gasteiger partial charge in [-0.25, -0.2) is 4.98 Å². The van der Waals surface area contributed by atoms with Gasteiger partial charge in [0.2, 0.25) is 5.91 Å². The van der Waals surface area contributed by atoms with Gasteiger partial charge in [-0.05, 0) is 69.4 Å². The Morgan fingerprint density at radius 1 is 1.11 bits per heavy atom. The van der Waals surface area contributed by atoms with Crippen LogP contribution in [-0.2, 0) is 9.53 Å². The van der Waals surface area contributed by atoms with Crippen molar-refractivity contribution < 1.29 is 14.3 Å². The molecule has 148 valence electrons. The zero-order chi connectivity index (χ0) is 19.7. The molecule has 0 spiro atoms. The van der Waals surface area contributed by atoms with Crippen molar-refractivity contribution in [2.75, 3.05) is 0 Å². The minimum atomic E-state index is -0.289. The second-order valence-corrected chi connectivity index (χ2v) is 8.40. The van der Waals surface area contributed by atoms with Crippen molar-refractivity contribution in [1.82, 2.24) is 15.6 Å². The third-order valence-corrected chi connectivity index (χ3v) is 6.35. The van der Waals surface area contributed by atoms with Crippen molar-refractivity contribution in [1.29, 1.82) is 5.26 Å². The summed E-state index contributed by atoms with van der Waals surface area (Å²) in [7, 11) is 0. The monoisotopic (exact) mass is 382 g/mol. The van der Waals surface area contributed by atoms with Crippen molar-refractivity contribution in [3.05, 3.63) is 29.6 Å². The Bertz CT molecular complexity index is 774. The molecule has 2 unspecified atom stereocenters. The third-order valence-electron chi connectivity index (χ3n) is 6.35. The highest BCUT2D eigenvalue weighted by Crippen LogP contribution is 2.44. The van der Waals surface area contributed by atoms with E-state index < -0.39 is 0 Å². The van der Waals surface area contributed by atoms with Crippen LogP contribution in [0.1, 0.15) is 61.5 Å². The number of hydrogen-bond acceptors (Lipinski definition) is 5. The van der Waals surface area contributed by atoms with Gasteiger partial charge in [-0.3, -0.25) is 9.59 Å². The van der Waals surface area contributed by atoms with E-state index in [2.05, 4.69) is 15.6 Å². The Kier molecular flexibility index (Phi) is 5.31. The number of nitrogens with zero attached hydrogens (tertiary/aromatic N) is 2. The van der Waals surface area contributed by atoms with Crippen LogP contribution in [0.25, 0.3) is 0 Å². The summed E-state index contributed by atoms with van der Waals surface area (Å²) in [5, 5.41) is 15.1. The van der Waals surface area contributed by atoms with Gasteiger partial charge in [-0.15, -0.1) is 0 Å². The van der Waals surface area contributed by atoms with E-state index in [0.717, 1.165) is 38.5 Å². The number of hydrogen-bond donors (Lipinski definition) is 2. The Labute approximate surface area is 164 Å². The number of aromatic nitrogens is 1. The molecule has 3 fully saturated rings. The normalized spacial score (nSPS) is 33.9. The molecule has 3 aliphatic rings. The molecule has 2 heterocycles. The average Bonchev–Trinajstić information content (AvgIpc) is 3.36. The fourth-order valence-electron chi connectivity index (χ4n) is 5.00. The summed E-state index contributed by atoms with van der Waals surface area (Å²) >= 11 is 0. The third kappa shape index (κ3) is 4.02. The van der Waals surface area contributed by atoms with Crippen LogP contribution in [0.3, 0.4) is 0 Å². The van der Waals surface area contributed by atoms with E-state index >= 15 is 0 Å². The average molecular weight is 382 g/mol. The van der Waals surface area contributed by atoms with E-state index in [1.807, 2.05) is 13.0 Å². The van der Waals surface area contributed by atoms with Crippen LogP contribution in [-0.4, -0.2) is 41.1 Å². The molecule has 1 saturated heterocycles. The Hall–Kier alpha value is -2.46. The molecule has 1 aromatic heterocycles. The summed E-state index contributed by atoms with van der Waals surface area (Å²) in [4.78, 5) is 28.8. The molecule has 0 radical (unpaired) electrons. The standard InChI is InChI=1S/C21H26N4O3/c1-12-2-5-19(28-12)21(27)25-17-8-14-6-16(7-15(14)9-17)24-20(26)18-4-3-13(10-22)11-23-18/h3-4,11-12,14-17,19H,2,5-9H2,1H3,(H,24,26)(H,25,27)/t12-,14-,15+,16?,17?,19-/m1/s1. The SMILES string of the molecule is C[C@@H]1CC[C@H](C(=O)NC2C[C@H]3CC(NC(=O)c4ccc(C#N)cn4)C[C@H]3C2)O1. The fourth-order valence-corrected chi connectivity index (χ4v) is 5.00. The van der Waals surface area contributed by atoms with Crippen LogP contribution in [0.5, 0.6) is 0 Å². The lowest BCUT2D eigenvalue weighted by Crippen LogP contribution is -2.41. The van der Waals surface area contributed by atoms with Crippen LogP contribution in [0.2, 0.25) is 0 Å². The van der Waals surface area contributed by atoms with Gasteiger partial charge in [0, 0.05) is 18.3 Å². The summed E-state index contributed by atoms with van der Waals surface area (Å²) in [6.45, 7) is 2.01. The predicted molar refractivity (Wildman–Crippen MR) is 101 cm³/mol. The van der Waals surface area contributed by atoms with E-state index in [9.17, 15) is 9.59 Å². The molecule has 2 amide bonds. The second kappa shape index (κ2) is 7.88. The van der Waals surface area contributed by atoms with Crippen molar-refractivity contribution in [3.63, 3.8) is 0 Å². The van der Waals surface area contributed by atoms with E-state index in [4.69, 9.17) is 10.00 Å². The van der Waals surface area contributed by atoms with Crippen LogP contribution < -0.4 is 10.6 Å². The summed E-state index contributed by atoms with van der Waals surface area (Å²) in [5.74, 6) is 0.916. The van der Waals surface area contributed by atoms with E-state index in [0.29, 0.717) is 23.1 Å². The van der Waals surface area contributed by atoms with Crippen molar-refractivity contribution in [2.24, 2.45) is 11.8 Å². The van der Waals surface area contributed by atoms with Gasteiger partial charge < -0.3 is 15.4 Å². The number of rotatable bonds is 4. The van der Waals surface area contributed by atoms with Gasteiger partial charge in [0.15, 0.2) is 0 Å². The van der Waals surface area contributed by atoms with Gasteiger partial charge in [0.05, 0.1) is 11.7 Å². The Morgan fingerprint density at radius 3 is 2.32 bits per heavy atom. The van der Waals surface area contributed by atoms with Crippen molar-refractivity contribution in [2.45, 2.75) is 69.7 Å². The maximum atomic E-state index is 12.4. The van der Waals surface area contributed by atoms with E-state index in [1.165, 1.54) is 6.20 Å². The molecule has 1 aliphatic heterocycles. The highest BCUT2D eigenvalue weighted by atomic mass is 16.5. The first kappa shape index (κ1) is 18.9. The zero-order valence-electron chi connectivity index (χ0n) is 16.1. The van der Waals surface area contributed by atoms with Crippen LogP contribution in [0.15, 0.2) is 18.3 Å². The highest BCUT2D eigenvalue weighted by Gasteiger charge is 2.43. The molecular weight excluding hydrogens is 356 g/mol. The van der Waals surface area contributed by atoms with Crippen LogP contribution in [0, 0.1) is 23.2 Å². The van der Waals surface area contributed by atoms with Gasteiger partial charge in [-0.1, -0.05) is 0 Å². The molecule has 2 saturated carbocycles. The first-order chi connectivity index (χ1) is 13.5. The molecule has 7 nitrogen and oxygen atoms in total. The summed E-state index contributed by atoms with van der Waals surface area (Å²) < 4.78 is 5.66. The molecule has 2 aliphatic carbocycles. The number of nitrogens with one attached hydrogen (secondary N) is 2. The van der Waals surface area contributed by atoms with Crippen molar-refractivity contribution >= 4 is 11.8 Å². The number of ether oxygens (including phenoxy) is 1. The lowest BCUT2D eigenvalue weighted by Gasteiger charge is -2.19. The van der Waals surface area contributed by atoms with Crippen LogP contribution in [0.4, 0.5) is 0 Å². The largest absolute Gasteiger partial charge is 0.365 e. The number of fused-ring (bicyclic) bond motifs is 1. The van der Waals surface area contributed by atoms with Gasteiger partial charge in [0.1, 0.15) is 17.9 Å². The molecular formula is C21H26N4O3. The molecule has 2 N–H and O–H groups in total. The summed E-state index contributed by atoms with van der Waals surface area (Å²) in [6, 6.07) is 5.56. The highest BCUT2D eigenvalue weighted by molar-refractivity contribution is 5.92. The maximum Gasteiger partial charge on any atom is 0.270 e. The quantitative estimate of drug-likeness (QED) is 0.828. The lowest BCUT2D eigenvalue weighted by molar-refractivity contribution is -0.132. The summed E-state index contributed by atoms with van der Waals surface area (Å²) in [5.41, 5.74) is 0.782. The first-order valence-corrected chi connectivity index (χ1v) is 10.1. The number of carbonyl (C=O) groups is 2. The number of nitriles is 1. The van der Waals surface area contributed by atoms with E-state index in [1.54, 1.807) is 12.1 Å². The topological polar surface area (TPSA) is 104 Å². The van der Waals surface area contributed by atoms with E-state index in [-0.39, 0.29) is 36.1 Å². The van der Waals surface area contributed by atoms with Crippen molar-refractivity contribution in [3.8, 4) is 6.07 Å². The molecule has 1 aromatic rings. The number of amides is 2. The molecule has 4 rings (SSSR count). The first-order valence-electron chi connectivity index (χ1n) is 10.1. The molecule has 6 atom stereocenters. The Morgan fingerprint density at radius 2 is 1.79 bits per heavy atom. The van der Waals surface area contributed by atoms with Gasteiger partial charge >= 0.3 is 0 Å². The Balaban J connectivity index is 1.24. The lowest BCUT2D eigenvalue weighted by atomic mass is 10.0. The number of carbonyl (C=O) groups excluding carboxylic acids is 2. The smallest absolute Gasteiger partial charge is 0.270 e. The maximum absolute atomic E-state index is 12.4. The van der Waals surface area contributed by atoms with Gasteiger partial charge in [-0.2, -0.15) is 5.26 Å².